The molecular formula is C20H26N6O6S. The maximum Gasteiger partial charge on any atom is 0.322 e. The van der Waals surface area contributed by atoms with E-state index in [4.69, 9.17) is 10.8 Å². The summed E-state index contributed by atoms with van der Waals surface area (Å²) in [4.78, 5) is 55.5. The highest BCUT2D eigenvalue weighted by Gasteiger charge is 2.29. The molecule has 8 N–H and O–H groups in total. The van der Waals surface area contributed by atoms with Gasteiger partial charge in [0.05, 0.1) is 12.4 Å². The van der Waals surface area contributed by atoms with Gasteiger partial charge in [0.1, 0.15) is 24.4 Å². The molecule has 0 aliphatic heterocycles. The van der Waals surface area contributed by atoms with Gasteiger partial charge in [0.15, 0.2) is 0 Å². The number of imidazole rings is 1. The normalized spacial score (nSPS) is 13.4. The average molecular weight is 479 g/mol. The number of thiol groups is 1. The van der Waals surface area contributed by atoms with E-state index >= 15 is 0 Å². The third-order valence-electron chi connectivity index (χ3n) is 4.57. The van der Waals surface area contributed by atoms with E-state index in [9.17, 15) is 24.3 Å². The number of carbonyl (C=O) groups is 4. The van der Waals surface area contributed by atoms with E-state index in [-0.39, 0.29) is 24.3 Å². The van der Waals surface area contributed by atoms with E-state index in [2.05, 4.69) is 38.5 Å². The average Bonchev–Trinajstić information content (AvgIpc) is 3.30. The number of carboxylic acid groups (broad SMARTS) is 1. The first-order valence-corrected chi connectivity index (χ1v) is 10.5. The summed E-state index contributed by atoms with van der Waals surface area (Å²) in [5.74, 6) is -3.17. The number of H-pyrrole nitrogens is 1. The Morgan fingerprint density at radius 1 is 1.03 bits per heavy atom. The highest BCUT2D eigenvalue weighted by Crippen LogP contribution is 2.12. The molecule has 3 atom stereocenters. The molecule has 178 valence electrons. The molecule has 3 unspecified atom stereocenters. The number of aliphatic carboxylic acids is 1. The van der Waals surface area contributed by atoms with E-state index in [0.717, 1.165) is 0 Å². The quantitative estimate of drug-likeness (QED) is 0.165. The number of phenolic OH excluding ortho intramolecular Hbond substituents is 1. The van der Waals surface area contributed by atoms with Crippen LogP contribution in [0.5, 0.6) is 5.75 Å². The van der Waals surface area contributed by atoms with Crippen molar-refractivity contribution < 1.29 is 29.4 Å². The number of rotatable bonds is 12. The van der Waals surface area contributed by atoms with Crippen LogP contribution in [-0.2, 0) is 32.0 Å². The molecule has 0 saturated heterocycles. The molecule has 0 fully saturated rings. The molecule has 0 saturated carbocycles. The number of carbonyl (C=O) groups excluding carboxylic acids is 3. The van der Waals surface area contributed by atoms with Crippen molar-refractivity contribution >= 4 is 36.3 Å². The second-order valence-electron chi connectivity index (χ2n) is 7.17. The lowest BCUT2D eigenvalue weighted by molar-refractivity contribution is -0.138. The lowest BCUT2D eigenvalue weighted by Crippen LogP contribution is -2.57. The SMILES string of the molecule is NC(CS)C(=O)NC(Cc1cnc[nH]1)C(=O)NC(Cc1ccc(O)cc1)C(=O)NCC(=O)O. The third kappa shape index (κ3) is 8.46. The fourth-order valence-corrected chi connectivity index (χ4v) is 2.99. The van der Waals surface area contributed by atoms with E-state index in [1.807, 2.05) is 0 Å². The Bertz CT molecular complexity index is 952. The molecule has 0 aliphatic rings. The summed E-state index contributed by atoms with van der Waals surface area (Å²) in [5, 5.41) is 25.6. The molecular weight excluding hydrogens is 452 g/mol. The Hall–Kier alpha value is -3.58. The Morgan fingerprint density at radius 2 is 1.67 bits per heavy atom. The van der Waals surface area contributed by atoms with Crippen molar-refractivity contribution in [1.29, 1.82) is 0 Å². The van der Waals surface area contributed by atoms with E-state index < -0.39 is 48.4 Å². The van der Waals surface area contributed by atoms with Crippen molar-refractivity contribution in [3.8, 4) is 5.75 Å². The minimum Gasteiger partial charge on any atom is -0.508 e. The minimum absolute atomic E-state index is 0.0123. The van der Waals surface area contributed by atoms with Gasteiger partial charge in [-0.15, -0.1) is 0 Å². The number of hydrogen-bond donors (Lipinski definition) is 8. The topological polar surface area (TPSA) is 200 Å². The number of benzene rings is 1. The molecule has 3 amide bonds. The van der Waals surface area contributed by atoms with Crippen LogP contribution in [0, 0.1) is 0 Å². The number of phenols is 1. The van der Waals surface area contributed by atoms with Crippen LogP contribution < -0.4 is 21.7 Å². The zero-order valence-electron chi connectivity index (χ0n) is 17.5. The lowest BCUT2D eigenvalue weighted by atomic mass is 10.0. The first kappa shape index (κ1) is 25.7. The summed E-state index contributed by atoms with van der Waals surface area (Å²) in [6.07, 6.45) is 2.95. The summed E-state index contributed by atoms with van der Waals surface area (Å²) in [7, 11) is 0. The fraction of sp³-hybridized carbons (Fsp3) is 0.350. The number of aromatic hydroxyl groups is 1. The van der Waals surface area contributed by atoms with Gasteiger partial charge in [0.2, 0.25) is 17.7 Å². The van der Waals surface area contributed by atoms with Crippen molar-refractivity contribution in [3.05, 3.63) is 48.0 Å². The predicted molar refractivity (Wildman–Crippen MR) is 120 cm³/mol. The van der Waals surface area contributed by atoms with Crippen molar-refractivity contribution in [3.63, 3.8) is 0 Å². The third-order valence-corrected chi connectivity index (χ3v) is 4.96. The zero-order chi connectivity index (χ0) is 24.4. The van der Waals surface area contributed by atoms with Crippen LogP contribution in [0.3, 0.4) is 0 Å². The van der Waals surface area contributed by atoms with Gasteiger partial charge in [-0.3, -0.25) is 19.2 Å². The monoisotopic (exact) mass is 478 g/mol. The first-order chi connectivity index (χ1) is 15.7. The van der Waals surface area contributed by atoms with Gasteiger partial charge in [-0.05, 0) is 17.7 Å². The Morgan fingerprint density at radius 3 is 2.24 bits per heavy atom. The summed E-state index contributed by atoms with van der Waals surface area (Å²) in [5.41, 5.74) is 6.85. The molecule has 12 nitrogen and oxygen atoms in total. The molecule has 0 radical (unpaired) electrons. The molecule has 1 aromatic heterocycles. The number of carboxylic acids is 1. The number of aromatic amines is 1. The van der Waals surface area contributed by atoms with Gasteiger partial charge in [-0.25, -0.2) is 4.98 Å². The summed E-state index contributed by atoms with van der Waals surface area (Å²) >= 11 is 3.98. The second kappa shape index (κ2) is 12.5. The van der Waals surface area contributed by atoms with E-state index in [1.165, 1.54) is 24.7 Å². The largest absolute Gasteiger partial charge is 0.508 e. The molecule has 13 heteroatoms. The van der Waals surface area contributed by atoms with Gasteiger partial charge in [0.25, 0.3) is 0 Å². The van der Waals surface area contributed by atoms with Crippen LogP contribution in [0.1, 0.15) is 11.3 Å². The maximum absolute atomic E-state index is 13.1. The van der Waals surface area contributed by atoms with Crippen molar-refractivity contribution in [2.75, 3.05) is 12.3 Å². The smallest absolute Gasteiger partial charge is 0.322 e. The number of hydrogen-bond acceptors (Lipinski definition) is 8. The van der Waals surface area contributed by atoms with Gasteiger partial charge in [0, 0.05) is 30.5 Å². The van der Waals surface area contributed by atoms with Crippen molar-refractivity contribution in [2.45, 2.75) is 31.0 Å². The minimum atomic E-state index is -1.25. The summed E-state index contributed by atoms with van der Waals surface area (Å²) in [6.45, 7) is -0.633. The van der Waals surface area contributed by atoms with Crippen molar-refractivity contribution in [2.24, 2.45) is 5.73 Å². The van der Waals surface area contributed by atoms with Crippen LogP contribution in [0.25, 0.3) is 0 Å². The van der Waals surface area contributed by atoms with Crippen LogP contribution in [0.15, 0.2) is 36.8 Å². The number of nitrogens with one attached hydrogen (secondary N) is 4. The Balaban J connectivity index is 2.21. The summed E-state index contributed by atoms with van der Waals surface area (Å²) in [6, 6.07) is 2.77. The fourth-order valence-electron chi connectivity index (χ4n) is 2.82. The molecule has 1 aromatic carbocycles. The maximum atomic E-state index is 13.1. The van der Waals surface area contributed by atoms with Crippen LogP contribution in [-0.4, -0.2) is 74.3 Å². The standard InChI is InChI=1S/C20H26N6O6S/c21-14(9-33)18(30)25-16(6-12-7-22-10-24-12)20(32)26-15(19(31)23-8-17(28)29)5-11-1-3-13(27)4-2-11/h1-4,7,10,14-16,27,33H,5-6,8-9,21H2,(H,22,24)(H,23,31)(H,25,30)(H,26,32)(H,28,29). The molecule has 0 aliphatic carbocycles. The Labute approximate surface area is 194 Å². The first-order valence-electron chi connectivity index (χ1n) is 9.91. The molecule has 2 rings (SSSR count). The molecule has 0 bridgehead atoms. The highest BCUT2D eigenvalue weighted by atomic mass is 32.1. The van der Waals surface area contributed by atoms with E-state index in [1.54, 1.807) is 12.1 Å². The predicted octanol–water partition coefficient (Wildman–Crippen LogP) is -1.67. The second-order valence-corrected chi connectivity index (χ2v) is 7.54. The van der Waals surface area contributed by atoms with E-state index in [0.29, 0.717) is 11.3 Å². The highest BCUT2D eigenvalue weighted by molar-refractivity contribution is 7.80. The number of nitrogens with two attached hydrogens (primary N) is 1. The number of aromatic nitrogens is 2. The number of amides is 3. The van der Waals surface area contributed by atoms with Crippen LogP contribution in [0.2, 0.25) is 0 Å². The lowest BCUT2D eigenvalue weighted by Gasteiger charge is -2.24. The number of nitrogens with zero attached hydrogens (tertiary/aromatic N) is 1. The van der Waals surface area contributed by atoms with Crippen LogP contribution >= 0.6 is 12.6 Å². The van der Waals surface area contributed by atoms with Gasteiger partial charge >= 0.3 is 5.97 Å². The Kier molecular flexibility index (Phi) is 9.69. The summed E-state index contributed by atoms with van der Waals surface area (Å²) < 4.78 is 0. The molecule has 1 heterocycles. The zero-order valence-corrected chi connectivity index (χ0v) is 18.4. The van der Waals surface area contributed by atoms with Gasteiger partial charge in [-0.1, -0.05) is 12.1 Å². The molecule has 0 spiro atoms. The van der Waals surface area contributed by atoms with Gasteiger partial charge in [-0.2, -0.15) is 12.6 Å². The van der Waals surface area contributed by atoms with Crippen LogP contribution in [0.4, 0.5) is 0 Å². The molecule has 2 aromatic rings. The molecule has 33 heavy (non-hydrogen) atoms. The van der Waals surface area contributed by atoms with Gasteiger partial charge < -0.3 is 36.9 Å². The van der Waals surface area contributed by atoms with Crippen molar-refractivity contribution in [1.82, 2.24) is 25.9 Å².